The molecule has 0 aliphatic heterocycles. The number of rotatable bonds is 4. The molecular weight excluding hydrogens is 178 g/mol. The standard InChI is InChI=1S/C10H15N3O/c1-2-8(11)9(14)5-7-3-4-13-10(12)6-7/h3-4,6,8H,2,5,11H2,1H3,(H2,12,13). The molecule has 14 heavy (non-hydrogen) atoms. The van der Waals surface area contributed by atoms with Gasteiger partial charge in [-0.05, 0) is 24.1 Å². The van der Waals surface area contributed by atoms with Crippen LogP contribution in [0.5, 0.6) is 0 Å². The highest BCUT2D eigenvalue weighted by Gasteiger charge is 2.11. The Hall–Kier alpha value is -1.42. The van der Waals surface area contributed by atoms with Gasteiger partial charge in [0.2, 0.25) is 0 Å². The molecule has 0 radical (unpaired) electrons. The van der Waals surface area contributed by atoms with Gasteiger partial charge in [0.1, 0.15) is 5.82 Å². The maximum absolute atomic E-state index is 11.5. The number of aromatic nitrogens is 1. The minimum absolute atomic E-state index is 0.0399. The van der Waals surface area contributed by atoms with Crippen molar-refractivity contribution in [1.29, 1.82) is 0 Å². The summed E-state index contributed by atoms with van der Waals surface area (Å²) in [4.78, 5) is 15.3. The van der Waals surface area contributed by atoms with E-state index in [1.165, 1.54) is 0 Å². The third-order valence-corrected chi connectivity index (χ3v) is 2.08. The molecule has 0 aromatic carbocycles. The van der Waals surface area contributed by atoms with E-state index in [1.54, 1.807) is 18.3 Å². The van der Waals surface area contributed by atoms with Crippen LogP contribution in [0.3, 0.4) is 0 Å². The number of nitrogens with two attached hydrogens (primary N) is 2. The van der Waals surface area contributed by atoms with Crippen LogP contribution in [0.15, 0.2) is 18.3 Å². The fraction of sp³-hybridized carbons (Fsp3) is 0.400. The monoisotopic (exact) mass is 193 g/mol. The van der Waals surface area contributed by atoms with E-state index in [0.29, 0.717) is 18.7 Å². The molecule has 0 amide bonds. The maximum Gasteiger partial charge on any atom is 0.153 e. The van der Waals surface area contributed by atoms with Crippen molar-refractivity contribution in [1.82, 2.24) is 4.98 Å². The molecule has 76 valence electrons. The summed E-state index contributed by atoms with van der Waals surface area (Å²) in [6.45, 7) is 1.89. The first-order chi connectivity index (χ1) is 6.63. The second-order valence-electron chi connectivity index (χ2n) is 3.25. The van der Waals surface area contributed by atoms with Crippen LogP contribution in [0.4, 0.5) is 5.82 Å². The second kappa shape index (κ2) is 4.72. The first-order valence-electron chi connectivity index (χ1n) is 4.62. The van der Waals surface area contributed by atoms with Gasteiger partial charge in [-0.1, -0.05) is 6.92 Å². The van der Waals surface area contributed by atoms with Crippen molar-refractivity contribution >= 4 is 11.6 Å². The molecule has 0 fully saturated rings. The first kappa shape index (κ1) is 10.7. The zero-order valence-electron chi connectivity index (χ0n) is 8.23. The number of anilines is 1. The van der Waals surface area contributed by atoms with Gasteiger partial charge >= 0.3 is 0 Å². The molecule has 0 spiro atoms. The van der Waals surface area contributed by atoms with E-state index in [9.17, 15) is 4.79 Å². The average molecular weight is 193 g/mol. The van der Waals surface area contributed by atoms with Crippen molar-refractivity contribution in [3.63, 3.8) is 0 Å². The lowest BCUT2D eigenvalue weighted by molar-refractivity contribution is -0.119. The third-order valence-electron chi connectivity index (χ3n) is 2.08. The number of nitrogen functional groups attached to an aromatic ring is 1. The second-order valence-corrected chi connectivity index (χ2v) is 3.25. The van der Waals surface area contributed by atoms with Gasteiger partial charge in [-0.2, -0.15) is 0 Å². The number of carbonyl (C=O) groups is 1. The lowest BCUT2D eigenvalue weighted by Crippen LogP contribution is -2.30. The topological polar surface area (TPSA) is 82.0 Å². The largest absolute Gasteiger partial charge is 0.384 e. The molecule has 4 heteroatoms. The highest BCUT2D eigenvalue weighted by Crippen LogP contribution is 2.05. The van der Waals surface area contributed by atoms with Crippen molar-refractivity contribution < 1.29 is 4.79 Å². The predicted octanol–water partition coefficient (Wildman–Crippen LogP) is 0.513. The smallest absolute Gasteiger partial charge is 0.153 e. The number of nitrogens with zero attached hydrogens (tertiary/aromatic N) is 1. The Balaban J connectivity index is 2.65. The summed E-state index contributed by atoms with van der Waals surface area (Å²) in [5, 5.41) is 0. The van der Waals surface area contributed by atoms with E-state index < -0.39 is 0 Å². The van der Waals surface area contributed by atoms with Gasteiger partial charge in [-0.25, -0.2) is 4.98 Å². The van der Waals surface area contributed by atoms with Crippen LogP contribution in [-0.4, -0.2) is 16.8 Å². The Bertz CT molecular complexity index is 325. The van der Waals surface area contributed by atoms with Gasteiger partial charge in [0.15, 0.2) is 5.78 Å². The van der Waals surface area contributed by atoms with Crippen molar-refractivity contribution in [2.75, 3.05) is 5.73 Å². The van der Waals surface area contributed by atoms with E-state index in [4.69, 9.17) is 11.5 Å². The summed E-state index contributed by atoms with van der Waals surface area (Å²) in [7, 11) is 0. The number of hydrogen-bond donors (Lipinski definition) is 2. The zero-order valence-corrected chi connectivity index (χ0v) is 8.23. The quantitative estimate of drug-likeness (QED) is 0.730. The van der Waals surface area contributed by atoms with Crippen molar-refractivity contribution in [3.8, 4) is 0 Å². The van der Waals surface area contributed by atoms with Gasteiger partial charge in [-0.3, -0.25) is 4.79 Å². The zero-order chi connectivity index (χ0) is 10.6. The summed E-state index contributed by atoms with van der Waals surface area (Å²) in [6, 6.07) is 3.10. The van der Waals surface area contributed by atoms with Gasteiger partial charge in [0.25, 0.3) is 0 Å². The molecule has 1 aromatic rings. The number of ketones is 1. The highest BCUT2D eigenvalue weighted by atomic mass is 16.1. The van der Waals surface area contributed by atoms with Crippen LogP contribution >= 0.6 is 0 Å². The van der Waals surface area contributed by atoms with E-state index in [0.717, 1.165) is 5.56 Å². The fourth-order valence-electron chi connectivity index (χ4n) is 1.16. The van der Waals surface area contributed by atoms with E-state index in [1.807, 2.05) is 6.92 Å². The predicted molar refractivity (Wildman–Crippen MR) is 55.6 cm³/mol. The van der Waals surface area contributed by atoms with Crippen LogP contribution in [-0.2, 0) is 11.2 Å². The lowest BCUT2D eigenvalue weighted by Gasteiger charge is -2.07. The van der Waals surface area contributed by atoms with Gasteiger partial charge in [-0.15, -0.1) is 0 Å². The molecule has 0 saturated heterocycles. The number of hydrogen-bond acceptors (Lipinski definition) is 4. The highest BCUT2D eigenvalue weighted by molar-refractivity contribution is 5.85. The molecule has 1 aromatic heterocycles. The SMILES string of the molecule is CCC(N)C(=O)Cc1ccnc(N)c1. The molecule has 0 aliphatic rings. The van der Waals surface area contributed by atoms with Gasteiger partial charge < -0.3 is 11.5 Å². The average Bonchev–Trinajstić information content (AvgIpc) is 2.16. The van der Waals surface area contributed by atoms with Crippen molar-refractivity contribution in [2.45, 2.75) is 25.8 Å². The summed E-state index contributed by atoms with van der Waals surface area (Å²) < 4.78 is 0. The lowest BCUT2D eigenvalue weighted by atomic mass is 10.0. The first-order valence-corrected chi connectivity index (χ1v) is 4.62. The molecular formula is C10H15N3O. The maximum atomic E-state index is 11.5. The van der Waals surface area contributed by atoms with Crippen LogP contribution in [0.1, 0.15) is 18.9 Å². The van der Waals surface area contributed by atoms with Crippen LogP contribution in [0.25, 0.3) is 0 Å². The molecule has 1 unspecified atom stereocenters. The number of carbonyl (C=O) groups excluding carboxylic acids is 1. The van der Waals surface area contributed by atoms with Crippen molar-refractivity contribution in [3.05, 3.63) is 23.9 Å². The minimum Gasteiger partial charge on any atom is -0.384 e. The Morgan fingerprint density at radius 3 is 2.93 bits per heavy atom. The summed E-state index contributed by atoms with van der Waals surface area (Å²) in [5.41, 5.74) is 12.0. The molecule has 4 N–H and O–H groups in total. The minimum atomic E-state index is -0.371. The third kappa shape index (κ3) is 2.81. The van der Waals surface area contributed by atoms with Gasteiger partial charge in [0, 0.05) is 12.6 Å². The summed E-state index contributed by atoms with van der Waals surface area (Å²) >= 11 is 0. The Morgan fingerprint density at radius 1 is 1.64 bits per heavy atom. The molecule has 4 nitrogen and oxygen atoms in total. The van der Waals surface area contributed by atoms with E-state index >= 15 is 0 Å². The van der Waals surface area contributed by atoms with Crippen LogP contribution < -0.4 is 11.5 Å². The molecule has 0 aliphatic carbocycles. The Labute approximate surface area is 83.3 Å². The summed E-state index contributed by atoms with van der Waals surface area (Å²) in [5.74, 6) is 0.471. The fourth-order valence-corrected chi connectivity index (χ4v) is 1.16. The van der Waals surface area contributed by atoms with E-state index in [2.05, 4.69) is 4.98 Å². The Kier molecular flexibility index (Phi) is 3.59. The normalized spacial score (nSPS) is 12.4. The van der Waals surface area contributed by atoms with Gasteiger partial charge in [0.05, 0.1) is 6.04 Å². The molecule has 1 heterocycles. The van der Waals surface area contributed by atoms with E-state index in [-0.39, 0.29) is 11.8 Å². The molecule has 0 bridgehead atoms. The molecule has 1 rings (SSSR count). The van der Waals surface area contributed by atoms with Crippen molar-refractivity contribution in [2.24, 2.45) is 5.73 Å². The Morgan fingerprint density at radius 2 is 2.36 bits per heavy atom. The van der Waals surface area contributed by atoms with Crippen LogP contribution in [0.2, 0.25) is 0 Å². The molecule has 0 saturated carbocycles. The molecule has 1 atom stereocenters. The number of Topliss-reactive ketones (excluding diaryl/α,β-unsaturated/α-hetero) is 1. The number of pyridine rings is 1. The van der Waals surface area contributed by atoms with Crippen LogP contribution in [0, 0.1) is 0 Å². The summed E-state index contributed by atoms with van der Waals surface area (Å²) in [6.07, 6.45) is 2.59.